The maximum atomic E-state index is 13.8. The maximum absolute atomic E-state index is 13.8. The predicted octanol–water partition coefficient (Wildman–Crippen LogP) is 5.96. The molecule has 1 atom stereocenters. The van der Waals surface area contributed by atoms with Crippen LogP contribution in [0.15, 0.2) is 92.2 Å². The topological polar surface area (TPSA) is 113 Å². The number of benzene rings is 3. The number of piperidine rings is 1. The second-order valence-corrected chi connectivity index (χ2v) is 13.2. The van der Waals surface area contributed by atoms with E-state index in [1.807, 2.05) is 32.0 Å². The van der Waals surface area contributed by atoms with Crippen LogP contribution in [-0.2, 0) is 10.0 Å². The van der Waals surface area contributed by atoms with Gasteiger partial charge in [0.25, 0.3) is 5.91 Å². The van der Waals surface area contributed by atoms with E-state index >= 15 is 0 Å². The Hall–Kier alpha value is -4.19. The minimum absolute atomic E-state index is 0.0784. The Morgan fingerprint density at radius 3 is 2.69 bits per heavy atom. The lowest BCUT2D eigenvalue weighted by molar-refractivity contribution is 0.0987. The number of aryl methyl sites for hydroxylation is 1. The molecule has 0 radical (unpaired) electrons. The van der Waals surface area contributed by atoms with Crippen molar-refractivity contribution in [3.8, 4) is 0 Å². The molecule has 1 aliphatic heterocycles. The molecule has 6 rings (SSSR count). The van der Waals surface area contributed by atoms with Gasteiger partial charge in [-0.25, -0.2) is 13.4 Å². The lowest BCUT2D eigenvalue weighted by atomic mass is 10.1. The number of hydrazone groups is 1. The molecule has 1 aliphatic rings. The zero-order valence-electron chi connectivity index (χ0n) is 23.1. The predicted molar refractivity (Wildman–Crippen MR) is 165 cm³/mol. The van der Waals surface area contributed by atoms with Gasteiger partial charge in [0.1, 0.15) is 11.8 Å². The lowest BCUT2D eigenvalue weighted by Gasteiger charge is -2.32. The van der Waals surface area contributed by atoms with Gasteiger partial charge in [-0.05, 0) is 80.8 Å². The third kappa shape index (κ3) is 5.26. The fourth-order valence-electron chi connectivity index (χ4n) is 5.06. The van der Waals surface area contributed by atoms with Gasteiger partial charge in [-0.15, -0.1) is 0 Å². The van der Waals surface area contributed by atoms with E-state index < -0.39 is 15.9 Å². The van der Waals surface area contributed by atoms with Crippen molar-refractivity contribution < 1.29 is 17.6 Å². The summed E-state index contributed by atoms with van der Waals surface area (Å²) in [5.41, 5.74) is 2.31. The average molecular weight is 601 g/mol. The number of fused-ring (bicyclic) bond motifs is 2. The van der Waals surface area contributed by atoms with E-state index in [1.165, 1.54) is 52.4 Å². The summed E-state index contributed by atoms with van der Waals surface area (Å²) < 4.78 is 34.6. The SMILES string of the molecule is Cc1ccc2nc(N(/N=C/c3coc4ccccc4c3=O)C(=O)c3ccc(S(=O)(=O)N4CCCCC4C)cc3)sc2c1. The Balaban J connectivity index is 1.37. The first-order valence-corrected chi connectivity index (χ1v) is 15.9. The van der Waals surface area contributed by atoms with Gasteiger partial charge in [-0.1, -0.05) is 36.0 Å². The molecule has 1 fully saturated rings. The van der Waals surface area contributed by atoms with Gasteiger partial charge in [0.15, 0.2) is 0 Å². The van der Waals surface area contributed by atoms with E-state index in [2.05, 4.69) is 10.1 Å². The molecule has 0 bridgehead atoms. The van der Waals surface area contributed by atoms with Gasteiger partial charge < -0.3 is 4.42 Å². The van der Waals surface area contributed by atoms with Crippen molar-refractivity contribution in [2.24, 2.45) is 5.10 Å². The molecule has 0 saturated carbocycles. The Labute approximate surface area is 246 Å². The summed E-state index contributed by atoms with van der Waals surface area (Å²) in [6, 6.07) is 18.4. The van der Waals surface area contributed by atoms with Crippen molar-refractivity contribution in [3.63, 3.8) is 0 Å². The van der Waals surface area contributed by atoms with Crippen LogP contribution < -0.4 is 10.4 Å². The quantitative estimate of drug-likeness (QED) is 0.176. The molecule has 2 aromatic heterocycles. The molecule has 11 heteroatoms. The molecule has 214 valence electrons. The van der Waals surface area contributed by atoms with Crippen LogP contribution >= 0.6 is 11.3 Å². The Morgan fingerprint density at radius 1 is 1.12 bits per heavy atom. The van der Waals surface area contributed by atoms with Gasteiger partial charge in [0.2, 0.25) is 20.6 Å². The molecule has 0 N–H and O–H groups in total. The summed E-state index contributed by atoms with van der Waals surface area (Å²) >= 11 is 1.29. The van der Waals surface area contributed by atoms with Crippen LogP contribution in [0.4, 0.5) is 5.13 Å². The molecule has 42 heavy (non-hydrogen) atoms. The van der Waals surface area contributed by atoms with Crippen molar-refractivity contribution in [3.05, 3.63) is 99.9 Å². The number of anilines is 1. The maximum Gasteiger partial charge on any atom is 0.280 e. The number of hydrogen-bond donors (Lipinski definition) is 0. The Morgan fingerprint density at radius 2 is 1.90 bits per heavy atom. The van der Waals surface area contributed by atoms with E-state index in [1.54, 1.807) is 24.3 Å². The molecule has 3 heterocycles. The monoisotopic (exact) mass is 600 g/mol. The third-order valence-electron chi connectivity index (χ3n) is 7.38. The summed E-state index contributed by atoms with van der Waals surface area (Å²) in [7, 11) is -3.69. The summed E-state index contributed by atoms with van der Waals surface area (Å²) in [4.78, 5) is 31.6. The number of carbonyl (C=O) groups excluding carboxylic acids is 1. The smallest absolute Gasteiger partial charge is 0.280 e. The molecule has 1 amide bonds. The van der Waals surface area contributed by atoms with Gasteiger partial charge >= 0.3 is 0 Å². The Bertz CT molecular complexity index is 2000. The van der Waals surface area contributed by atoms with E-state index in [4.69, 9.17) is 4.42 Å². The summed E-state index contributed by atoms with van der Waals surface area (Å²) in [6.45, 7) is 4.37. The van der Waals surface area contributed by atoms with Crippen molar-refractivity contribution in [2.75, 3.05) is 11.6 Å². The highest BCUT2D eigenvalue weighted by Gasteiger charge is 2.31. The first-order chi connectivity index (χ1) is 20.2. The minimum Gasteiger partial charge on any atom is -0.463 e. The summed E-state index contributed by atoms with van der Waals surface area (Å²) in [6.07, 6.45) is 5.23. The van der Waals surface area contributed by atoms with Crippen LogP contribution in [0.2, 0.25) is 0 Å². The molecule has 3 aromatic carbocycles. The lowest BCUT2D eigenvalue weighted by Crippen LogP contribution is -2.41. The van der Waals surface area contributed by atoms with Gasteiger partial charge in [0.05, 0.1) is 32.3 Å². The number of para-hydroxylation sites is 1. The van der Waals surface area contributed by atoms with E-state index in [9.17, 15) is 18.0 Å². The van der Waals surface area contributed by atoms with Crippen LogP contribution in [0, 0.1) is 6.92 Å². The molecule has 9 nitrogen and oxygen atoms in total. The van der Waals surface area contributed by atoms with E-state index in [-0.39, 0.29) is 27.5 Å². The number of thiazole rings is 1. The fourth-order valence-corrected chi connectivity index (χ4v) is 7.78. The van der Waals surface area contributed by atoms with Crippen molar-refractivity contribution in [2.45, 2.75) is 44.0 Å². The third-order valence-corrected chi connectivity index (χ3v) is 10.4. The van der Waals surface area contributed by atoms with Crippen LogP contribution in [-0.4, -0.2) is 42.4 Å². The molecule has 1 saturated heterocycles. The molecule has 0 aliphatic carbocycles. The highest BCUT2D eigenvalue weighted by atomic mass is 32.2. The number of carbonyl (C=O) groups is 1. The largest absolute Gasteiger partial charge is 0.463 e. The van der Waals surface area contributed by atoms with Gasteiger partial charge in [0, 0.05) is 18.2 Å². The van der Waals surface area contributed by atoms with Crippen LogP contribution in [0.1, 0.15) is 47.7 Å². The zero-order valence-corrected chi connectivity index (χ0v) is 24.7. The number of nitrogens with zero attached hydrogens (tertiary/aromatic N) is 4. The number of sulfonamides is 1. The highest BCUT2D eigenvalue weighted by molar-refractivity contribution is 7.89. The second kappa shape index (κ2) is 11.2. The van der Waals surface area contributed by atoms with Gasteiger partial charge in [-0.2, -0.15) is 14.4 Å². The number of aromatic nitrogens is 1. The Kier molecular flexibility index (Phi) is 7.48. The molecule has 5 aromatic rings. The number of amides is 1. The summed E-state index contributed by atoms with van der Waals surface area (Å²) in [5.74, 6) is -0.525. The standard InChI is InChI=1S/C31H28N4O5S2/c1-20-10-15-26-28(17-20)41-31(33-26)35(32-18-23-19-40-27-9-4-3-8-25(27)29(23)36)30(37)22-11-13-24(14-12-22)42(38,39)34-16-6-5-7-21(34)2/h3-4,8-15,17-19,21H,5-7,16H2,1-2H3/b32-18+. The second-order valence-electron chi connectivity index (χ2n) is 10.3. The first-order valence-electron chi connectivity index (χ1n) is 13.6. The van der Waals surface area contributed by atoms with Crippen LogP contribution in [0.25, 0.3) is 21.2 Å². The molecular formula is C31H28N4O5S2. The van der Waals surface area contributed by atoms with E-state index in [0.717, 1.165) is 34.5 Å². The summed E-state index contributed by atoms with van der Waals surface area (Å²) in [5, 5.41) is 6.23. The number of hydrogen-bond acceptors (Lipinski definition) is 8. The van der Waals surface area contributed by atoms with Gasteiger partial charge in [-0.3, -0.25) is 9.59 Å². The first kappa shape index (κ1) is 28.0. The van der Waals surface area contributed by atoms with E-state index in [0.29, 0.717) is 28.2 Å². The number of rotatable bonds is 6. The van der Waals surface area contributed by atoms with Crippen LogP contribution in [0.3, 0.4) is 0 Å². The van der Waals surface area contributed by atoms with Crippen molar-refractivity contribution in [1.29, 1.82) is 0 Å². The molecule has 0 spiro atoms. The molecular weight excluding hydrogens is 572 g/mol. The average Bonchev–Trinajstić information content (AvgIpc) is 3.41. The normalized spacial score (nSPS) is 16.4. The fraction of sp³-hybridized carbons (Fsp3) is 0.226. The molecule has 1 unspecified atom stereocenters. The minimum atomic E-state index is -3.69. The highest BCUT2D eigenvalue weighted by Crippen LogP contribution is 2.31. The van der Waals surface area contributed by atoms with Crippen molar-refractivity contribution in [1.82, 2.24) is 9.29 Å². The van der Waals surface area contributed by atoms with Crippen LogP contribution in [0.5, 0.6) is 0 Å². The zero-order chi connectivity index (χ0) is 29.4. The van der Waals surface area contributed by atoms with Crippen molar-refractivity contribution >= 4 is 59.8 Å².